The monoisotopic (exact) mass is 977 g/mol. The zero-order valence-corrected chi connectivity index (χ0v) is 45.6. The molecule has 6 aliphatic rings. The van der Waals surface area contributed by atoms with Gasteiger partial charge >= 0.3 is 6.85 Å². The van der Waals surface area contributed by atoms with Gasteiger partial charge in [-0.3, -0.25) is 0 Å². The molecule has 9 aromatic rings. The van der Waals surface area contributed by atoms with Crippen LogP contribution >= 0.6 is 0 Å². The Labute approximate surface area is 445 Å². The van der Waals surface area contributed by atoms with E-state index in [1.165, 1.54) is 162 Å². The summed E-state index contributed by atoms with van der Waals surface area (Å²) >= 11 is 0. The minimum atomic E-state index is -0.213. The largest absolute Gasteiger partial charge is 0.454 e. The number of hydrogen-bond donors (Lipinski definition) is 0. The van der Waals surface area contributed by atoms with Crippen LogP contribution in [-0.4, -0.2) is 12.4 Å². The maximum atomic E-state index is 7.44. The summed E-state index contributed by atoms with van der Waals surface area (Å²) in [4.78, 5) is 5.75. The summed E-state index contributed by atoms with van der Waals surface area (Å²) in [6, 6.07) is 56.8. The Balaban J connectivity index is 1.14. The Morgan fingerprint density at radius 3 is 1.97 bits per heavy atom. The molecule has 0 N–H and O–H groups in total. The van der Waals surface area contributed by atoms with Crippen LogP contribution in [0.25, 0.3) is 66.4 Å². The van der Waals surface area contributed by atoms with E-state index in [0.29, 0.717) is 0 Å². The summed E-state index contributed by atoms with van der Waals surface area (Å²) in [6.07, 6.45) is 10.6. The van der Waals surface area contributed by atoms with Gasteiger partial charge in [-0.15, -0.1) is 0 Å². The lowest BCUT2D eigenvalue weighted by Gasteiger charge is -2.53. The van der Waals surface area contributed by atoms with Gasteiger partial charge in [-0.1, -0.05) is 184 Å². The standard InChI is InChI=1S/C71H69BN2O/c1-10-11-22-43-37-56-64-57(38-43)72-63-51(40-49-47-27-18-19-28-60(47)75-66(49)65(63)73(64)71(9)34-21-20-33-70(56,71)8)62-59(74(72)58-31-29-46(44-23-14-12-15-24-44)39-48(58)45-25-16-13-17-26-45)32-30-52-61(62)50-41-54-55(42-53(50)69(52,6)7)68(4,5)36-35-67(54,2)3/h12-19,23-32,37-42H,10-11,20-22,33-36H2,1-9H3. The Hall–Kier alpha value is -6.78. The molecule has 75 heavy (non-hydrogen) atoms. The summed E-state index contributed by atoms with van der Waals surface area (Å²) in [5.74, 6) is 0. The van der Waals surface area contributed by atoms with Crippen LogP contribution in [0.5, 0.6) is 0 Å². The molecule has 1 fully saturated rings. The van der Waals surface area contributed by atoms with Crippen LogP contribution in [0.15, 0.2) is 150 Å². The fraction of sp³-hybridized carbons (Fsp3) is 0.324. The van der Waals surface area contributed by atoms with Crippen LogP contribution in [0.4, 0.5) is 22.7 Å². The zero-order chi connectivity index (χ0) is 51.1. The highest BCUT2D eigenvalue weighted by atomic mass is 16.3. The molecular weight excluding hydrogens is 908 g/mol. The van der Waals surface area contributed by atoms with Gasteiger partial charge in [0.15, 0.2) is 5.58 Å². The van der Waals surface area contributed by atoms with Crippen molar-refractivity contribution in [3.63, 3.8) is 0 Å². The number of furan rings is 1. The molecule has 0 spiro atoms. The zero-order valence-electron chi connectivity index (χ0n) is 45.6. The lowest BCUT2D eigenvalue weighted by atomic mass is 9.42. The van der Waals surface area contributed by atoms with Crippen LogP contribution in [-0.2, 0) is 28.1 Å². The number of rotatable bonds is 6. The van der Waals surface area contributed by atoms with E-state index < -0.39 is 0 Å². The molecule has 1 saturated carbocycles. The van der Waals surface area contributed by atoms with Crippen molar-refractivity contribution in [2.45, 2.75) is 147 Å². The second kappa shape index (κ2) is 15.4. The van der Waals surface area contributed by atoms with Gasteiger partial charge in [0.05, 0.1) is 11.2 Å². The van der Waals surface area contributed by atoms with Crippen molar-refractivity contribution in [1.82, 2.24) is 0 Å². The third-order valence-electron chi connectivity index (χ3n) is 20.6. The van der Waals surface area contributed by atoms with Crippen LogP contribution in [0.1, 0.15) is 147 Å². The number of fused-ring (bicyclic) bond motifs is 16. The Kier molecular flexibility index (Phi) is 9.38. The molecule has 3 nitrogen and oxygen atoms in total. The van der Waals surface area contributed by atoms with E-state index in [1.807, 2.05) is 0 Å². The maximum Gasteiger partial charge on any atom is 0.333 e. The summed E-state index contributed by atoms with van der Waals surface area (Å²) in [5, 5.41) is 2.41. The number of benzene rings is 8. The number of aryl methyl sites for hydroxylation is 1. The molecular formula is C71H69BN2O. The van der Waals surface area contributed by atoms with Gasteiger partial charge in [0.1, 0.15) is 5.58 Å². The fourth-order valence-electron chi connectivity index (χ4n) is 16.2. The average molecular weight is 977 g/mol. The summed E-state index contributed by atoms with van der Waals surface area (Å²) < 4.78 is 7.44. The normalized spacial score (nSPS) is 21.6. The van der Waals surface area contributed by atoms with E-state index in [0.717, 1.165) is 24.0 Å². The molecule has 0 amide bonds. The molecule has 0 radical (unpaired) electrons. The smallest absolute Gasteiger partial charge is 0.333 e. The highest BCUT2D eigenvalue weighted by Gasteiger charge is 2.63. The van der Waals surface area contributed by atoms with Crippen LogP contribution in [0, 0.1) is 0 Å². The van der Waals surface area contributed by atoms with Gasteiger partial charge in [0.2, 0.25) is 0 Å². The predicted octanol–water partition coefficient (Wildman–Crippen LogP) is 17.9. The SMILES string of the molecule is CCCCc1cc2c3c(c1)C1(C)CCCCC1(C)N3c1c3c(cc4c1oc1ccccc14)-c1c(ccc4c1-c1cc5c(cc1C4(C)C)C(C)(C)CCC5(C)C)N(c1ccc(-c4ccccc4)cc1-c1ccccc1)B23. The second-order valence-corrected chi connectivity index (χ2v) is 25.9. The lowest BCUT2D eigenvalue weighted by Crippen LogP contribution is -2.64. The fourth-order valence-corrected chi connectivity index (χ4v) is 16.2. The molecule has 3 aliphatic heterocycles. The topological polar surface area (TPSA) is 19.6 Å². The Bertz CT molecular complexity index is 3910. The molecule has 1 aromatic heterocycles. The average Bonchev–Trinajstić information content (AvgIpc) is 4.21. The first-order valence-electron chi connectivity index (χ1n) is 28.5. The third kappa shape index (κ3) is 5.95. The molecule has 3 aliphatic carbocycles. The van der Waals surface area contributed by atoms with Gasteiger partial charge in [-0.05, 0) is 170 Å². The summed E-state index contributed by atoms with van der Waals surface area (Å²) in [5.41, 5.74) is 29.2. The highest BCUT2D eigenvalue weighted by molar-refractivity contribution is 6.94. The van der Waals surface area contributed by atoms with E-state index >= 15 is 0 Å². The predicted molar refractivity (Wildman–Crippen MR) is 318 cm³/mol. The molecule has 2 atom stereocenters. The molecule has 4 heteroatoms. The van der Waals surface area contributed by atoms with Crippen molar-refractivity contribution in [2.24, 2.45) is 0 Å². The van der Waals surface area contributed by atoms with Crippen LogP contribution < -0.4 is 20.6 Å². The van der Waals surface area contributed by atoms with Crippen LogP contribution in [0.3, 0.4) is 0 Å². The number of nitrogens with zero attached hydrogens (tertiary/aromatic N) is 2. The Morgan fingerprint density at radius 1 is 0.520 bits per heavy atom. The summed E-state index contributed by atoms with van der Waals surface area (Å²) in [7, 11) is 0. The molecule has 0 bridgehead atoms. The number of para-hydroxylation sites is 1. The molecule has 4 heterocycles. The van der Waals surface area contributed by atoms with Crippen molar-refractivity contribution in [2.75, 3.05) is 9.71 Å². The van der Waals surface area contributed by atoms with Crippen molar-refractivity contribution in [3.05, 3.63) is 179 Å². The van der Waals surface area contributed by atoms with E-state index in [4.69, 9.17) is 4.42 Å². The van der Waals surface area contributed by atoms with Gasteiger partial charge in [0.25, 0.3) is 0 Å². The van der Waals surface area contributed by atoms with Gasteiger partial charge in [-0.25, -0.2) is 0 Å². The molecule has 2 unspecified atom stereocenters. The number of unbranched alkanes of at least 4 members (excludes halogenated alkanes) is 1. The van der Waals surface area contributed by atoms with Crippen molar-refractivity contribution < 1.29 is 4.42 Å². The van der Waals surface area contributed by atoms with E-state index in [9.17, 15) is 0 Å². The first-order chi connectivity index (χ1) is 36.1. The molecule has 8 aromatic carbocycles. The number of hydrogen-bond acceptors (Lipinski definition) is 3. The van der Waals surface area contributed by atoms with Gasteiger partial charge < -0.3 is 14.1 Å². The van der Waals surface area contributed by atoms with Crippen molar-refractivity contribution in [3.8, 4) is 44.5 Å². The van der Waals surface area contributed by atoms with Gasteiger partial charge in [0, 0.05) is 49.8 Å². The minimum absolute atomic E-state index is 0.0553. The first-order valence-corrected chi connectivity index (χ1v) is 28.5. The van der Waals surface area contributed by atoms with E-state index in [-0.39, 0.29) is 34.0 Å². The Morgan fingerprint density at radius 2 is 1.21 bits per heavy atom. The molecule has 372 valence electrons. The highest BCUT2D eigenvalue weighted by Crippen LogP contribution is 2.65. The minimum Gasteiger partial charge on any atom is -0.454 e. The second-order valence-electron chi connectivity index (χ2n) is 25.9. The van der Waals surface area contributed by atoms with Gasteiger partial charge in [-0.2, -0.15) is 0 Å². The van der Waals surface area contributed by atoms with Crippen LogP contribution in [0.2, 0.25) is 0 Å². The maximum absolute atomic E-state index is 7.44. The number of anilines is 4. The molecule has 15 rings (SSSR count). The summed E-state index contributed by atoms with van der Waals surface area (Å²) in [6.45, 7) is 22.4. The molecule has 0 saturated heterocycles. The van der Waals surface area contributed by atoms with Crippen molar-refractivity contribution >= 4 is 62.5 Å². The van der Waals surface area contributed by atoms with E-state index in [2.05, 4.69) is 218 Å². The third-order valence-corrected chi connectivity index (χ3v) is 20.6. The van der Waals surface area contributed by atoms with Crippen molar-refractivity contribution in [1.29, 1.82) is 0 Å². The lowest BCUT2D eigenvalue weighted by molar-refractivity contribution is 0.195. The van der Waals surface area contributed by atoms with E-state index in [1.54, 1.807) is 5.56 Å². The quantitative estimate of drug-likeness (QED) is 0.155. The first kappa shape index (κ1) is 45.6.